The molecule has 0 spiro atoms. The lowest BCUT2D eigenvalue weighted by Gasteiger charge is -2.04. The first-order chi connectivity index (χ1) is 7.79. The summed E-state index contributed by atoms with van der Waals surface area (Å²) in [6, 6.07) is 18.5. The summed E-state index contributed by atoms with van der Waals surface area (Å²) in [7, 11) is 0. The summed E-state index contributed by atoms with van der Waals surface area (Å²) in [5.74, 6) is 0. The Morgan fingerprint density at radius 3 is 1.88 bits per heavy atom. The monoisotopic (exact) mass is 349 g/mol. The van der Waals surface area contributed by atoms with Crippen molar-refractivity contribution in [3.05, 3.63) is 67.1 Å². The Morgan fingerprint density at radius 2 is 1.31 bits per heavy atom. The van der Waals surface area contributed by atoms with E-state index in [-0.39, 0.29) is 16.0 Å². The second-order valence-corrected chi connectivity index (χ2v) is 11.2. The van der Waals surface area contributed by atoms with Gasteiger partial charge in [-0.05, 0) is 23.6 Å². The zero-order valence-electron chi connectivity index (χ0n) is 8.87. The number of rotatable bonds is 1. The van der Waals surface area contributed by atoms with E-state index in [0.29, 0.717) is 0 Å². The smallest absolute Gasteiger partial charge is 0.280 e. The van der Waals surface area contributed by atoms with Crippen LogP contribution < -0.4 is 0 Å². The first-order valence-corrected chi connectivity index (χ1v) is 12.7. The van der Waals surface area contributed by atoms with E-state index in [1.807, 2.05) is 36.4 Å². The van der Waals surface area contributed by atoms with Gasteiger partial charge < -0.3 is 0 Å². The molecule has 1 radical (unpaired) electrons. The van der Waals surface area contributed by atoms with Gasteiger partial charge in [-0.15, -0.1) is 0 Å². The van der Waals surface area contributed by atoms with Gasteiger partial charge in [0.1, 0.15) is 0 Å². The van der Waals surface area contributed by atoms with Gasteiger partial charge in [0.2, 0.25) is 0 Å². The summed E-state index contributed by atoms with van der Waals surface area (Å²) in [6.45, 7) is 4.00. The Balaban J connectivity index is 0.000000386. The SMILES string of the molecule is [Br][Mg][Br].[CH2]c1ccccc1-c1ccccc1. The summed E-state index contributed by atoms with van der Waals surface area (Å²) >= 11 is 6.44. The zero-order chi connectivity index (χ0) is 11.8. The summed E-state index contributed by atoms with van der Waals surface area (Å²) < 4.78 is 0. The van der Waals surface area contributed by atoms with Crippen LogP contribution in [0.3, 0.4) is 0 Å². The van der Waals surface area contributed by atoms with Crippen molar-refractivity contribution in [3.63, 3.8) is 0 Å². The fraction of sp³-hybridized carbons (Fsp3) is 0. The maximum absolute atomic E-state index is 4.00. The van der Waals surface area contributed by atoms with E-state index in [2.05, 4.69) is 50.9 Å². The van der Waals surface area contributed by atoms with E-state index in [4.69, 9.17) is 0 Å². The molecule has 2 rings (SSSR count). The van der Waals surface area contributed by atoms with Gasteiger partial charge in [0.05, 0.1) is 0 Å². The van der Waals surface area contributed by atoms with E-state index in [0.717, 1.165) is 5.56 Å². The Bertz CT molecular complexity index is 415. The van der Waals surface area contributed by atoms with Crippen LogP contribution >= 0.6 is 25.8 Å². The molecule has 0 unspecified atom stereocenters. The molecule has 3 heteroatoms. The molecule has 0 amide bonds. The molecule has 0 fully saturated rings. The summed E-state index contributed by atoms with van der Waals surface area (Å²) in [4.78, 5) is 0. The van der Waals surface area contributed by atoms with Gasteiger partial charge in [-0.3, -0.25) is 25.8 Å². The molecular weight excluding hydrogens is 340 g/mol. The third-order valence-electron chi connectivity index (χ3n) is 2.10. The molecule has 0 aromatic heterocycles. The second-order valence-electron chi connectivity index (χ2n) is 3.12. The van der Waals surface area contributed by atoms with Gasteiger partial charge in [0.25, 0.3) is 0 Å². The normalized spacial score (nSPS) is 8.69. The molecule has 0 aliphatic carbocycles. The maximum atomic E-state index is 4.00. The maximum Gasteiger partial charge on any atom is 0.560 e. The molecule has 0 bridgehead atoms. The Hall–Kier alpha value is 0.166. The highest BCUT2D eigenvalue weighted by molar-refractivity contribution is 9.47. The van der Waals surface area contributed by atoms with Crippen LogP contribution in [0.4, 0.5) is 0 Å². The van der Waals surface area contributed by atoms with Crippen LogP contribution in [-0.2, 0) is 0 Å². The molecule has 0 aliphatic rings. The highest BCUT2D eigenvalue weighted by atomic mass is 79.9. The quantitative estimate of drug-likeness (QED) is 0.645. The van der Waals surface area contributed by atoms with Crippen molar-refractivity contribution in [1.82, 2.24) is 0 Å². The van der Waals surface area contributed by atoms with Crippen molar-refractivity contribution in [2.45, 2.75) is 0 Å². The molecule has 0 atom stereocenters. The number of hydrogen-bond donors (Lipinski definition) is 0. The molecular formula is C13H11Br2Mg. The summed E-state index contributed by atoms with van der Waals surface area (Å²) in [5.41, 5.74) is 3.52. The molecule has 0 saturated heterocycles. The highest BCUT2D eigenvalue weighted by Gasteiger charge is 1.97. The van der Waals surface area contributed by atoms with Crippen LogP contribution in [0.15, 0.2) is 54.6 Å². The average molecular weight is 351 g/mol. The van der Waals surface area contributed by atoms with Crippen LogP contribution in [0.5, 0.6) is 0 Å². The van der Waals surface area contributed by atoms with Crippen molar-refractivity contribution >= 4 is 41.8 Å². The van der Waals surface area contributed by atoms with Crippen LogP contribution in [0.1, 0.15) is 5.56 Å². The third kappa shape index (κ3) is 4.58. The minimum absolute atomic E-state index is 0.0417. The van der Waals surface area contributed by atoms with Crippen molar-refractivity contribution < 1.29 is 0 Å². The highest BCUT2D eigenvalue weighted by Crippen LogP contribution is 2.21. The van der Waals surface area contributed by atoms with E-state index in [1.54, 1.807) is 0 Å². The number of halogens is 2. The largest absolute Gasteiger partial charge is 0.560 e. The standard InChI is InChI=1S/C13H11.2BrH.Mg/c1-11-7-5-6-10-13(11)12-8-3-2-4-9-12;;;/h2-10H,1H2;2*1H;/q;;;+2/p-2. The minimum Gasteiger partial charge on any atom is -0.280 e. The minimum atomic E-state index is 0.0417. The van der Waals surface area contributed by atoms with Crippen molar-refractivity contribution in [2.75, 3.05) is 0 Å². The van der Waals surface area contributed by atoms with E-state index in [9.17, 15) is 0 Å². The molecule has 0 heterocycles. The fourth-order valence-corrected chi connectivity index (χ4v) is 1.42. The molecule has 2 aromatic carbocycles. The predicted molar refractivity (Wildman–Crippen MR) is 79.9 cm³/mol. The molecule has 79 valence electrons. The molecule has 0 saturated carbocycles. The van der Waals surface area contributed by atoms with Crippen molar-refractivity contribution in [3.8, 4) is 11.1 Å². The molecule has 0 nitrogen and oxygen atoms in total. The summed E-state index contributed by atoms with van der Waals surface area (Å²) in [5, 5.41) is 0. The van der Waals surface area contributed by atoms with Crippen LogP contribution in [-0.4, -0.2) is 16.0 Å². The van der Waals surface area contributed by atoms with Gasteiger partial charge in [-0.2, -0.15) is 0 Å². The lowest BCUT2D eigenvalue weighted by molar-refractivity contribution is 1.56. The molecule has 0 aliphatic heterocycles. The van der Waals surface area contributed by atoms with Crippen LogP contribution in [0, 0.1) is 6.92 Å². The lowest BCUT2D eigenvalue weighted by Crippen LogP contribution is -1.80. The third-order valence-corrected chi connectivity index (χ3v) is 2.10. The molecule has 2 aromatic rings. The predicted octanol–water partition coefficient (Wildman–Crippen LogP) is 4.85. The van der Waals surface area contributed by atoms with E-state index < -0.39 is 0 Å². The fourth-order valence-electron chi connectivity index (χ4n) is 1.42. The van der Waals surface area contributed by atoms with Crippen molar-refractivity contribution in [2.24, 2.45) is 0 Å². The van der Waals surface area contributed by atoms with Gasteiger partial charge >= 0.3 is 16.0 Å². The molecule has 16 heavy (non-hydrogen) atoms. The molecule has 0 N–H and O–H groups in total. The first-order valence-electron chi connectivity index (χ1n) is 4.88. The van der Waals surface area contributed by atoms with Gasteiger partial charge in [0.15, 0.2) is 0 Å². The van der Waals surface area contributed by atoms with Crippen molar-refractivity contribution in [1.29, 1.82) is 0 Å². The Kier molecular flexibility index (Phi) is 7.37. The lowest BCUT2D eigenvalue weighted by atomic mass is 10.0. The van der Waals surface area contributed by atoms with Gasteiger partial charge in [-0.25, -0.2) is 0 Å². The van der Waals surface area contributed by atoms with Gasteiger partial charge in [0, 0.05) is 0 Å². The van der Waals surface area contributed by atoms with E-state index >= 15 is 0 Å². The van der Waals surface area contributed by atoms with Gasteiger partial charge in [-0.1, -0.05) is 54.6 Å². The first kappa shape index (κ1) is 14.2. The topological polar surface area (TPSA) is 0 Å². The van der Waals surface area contributed by atoms with Crippen LogP contribution in [0.25, 0.3) is 11.1 Å². The number of benzene rings is 2. The average Bonchev–Trinajstić information content (AvgIpc) is 2.32. The van der Waals surface area contributed by atoms with E-state index in [1.165, 1.54) is 11.1 Å². The summed E-state index contributed by atoms with van der Waals surface area (Å²) in [6.07, 6.45) is 0. The zero-order valence-corrected chi connectivity index (χ0v) is 13.5. The second kappa shape index (κ2) is 8.29. The van der Waals surface area contributed by atoms with Crippen LogP contribution in [0.2, 0.25) is 0 Å². The number of hydrogen-bond acceptors (Lipinski definition) is 0. The Morgan fingerprint density at radius 1 is 0.812 bits per heavy atom. The Labute approximate surface area is 119 Å².